The number of hydrogen-bond acceptors (Lipinski definition) is 3. The van der Waals surface area contributed by atoms with Crippen LogP contribution in [0.3, 0.4) is 0 Å². The van der Waals surface area contributed by atoms with Crippen LogP contribution in [-0.4, -0.2) is 11.5 Å². The first kappa shape index (κ1) is 13.1. The molecule has 0 saturated carbocycles. The molecule has 0 aromatic heterocycles. The van der Waals surface area contributed by atoms with E-state index in [1.807, 2.05) is 6.92 Å². The van der Waals surface area contributed by atoms with Gasteiger partial charge in [-0.15, -0.1) is 0 Å². The van der Waals surface area contributed by atoms with Gasteiger partial charge in [0, 0.05) is 18.7 Å². The van der Waals surface area contributed by atoms with Crippen LogP contribution in [0.1, 0.15) is 19.8 Å². The predicted octanol–water partition coefficient (Wildman–Crippen LogP) is 3.55. The zero-order valence-corrected chi connectivity index (χ0v) is 11.0. The van der Waals surface area contributed by atoms with Crippen LogP contribution in [0.5, 0.6) is 0 Å². The van der Waals surface area contributed by atoms with Gasteiger partial charge in [-0.05, 0) is 29.0 Å². The van der Waals surface area contributed by atoms with Gasteiger partial charge in [0.15, 0.2) is 0 Å². The Morgan fingerprint density at radius 1 is 1.56 bits per heavy atom. The molecule has 0 heterocycles. The molecule has 0 spiro atoms. The molecule has 1 aromatic rings. The van der Waals surface area contributed by atoms with Crippen LogP contribution >= 0.6 is 22.6 Å². The van der Waals surface area contributed by atoms with Gasteiger partial charge in [-0.2, -0.15) is 0 Å². The van der Waals surface area contributed by atoms with Gasteiger partial charge in [-0.1, -0.05) is 13.3 Å². The van der Waals surface area contributed by atoms with Gasteiger partial charge < -0.3 is 5.32 Å². The number of unbranched alkanes of at least 4 members (excludes halogenated alkanes) is 1. The number of hydrogen-bond donors (Lipinski definition) is 1. The molecule has 6 heteroatoms. The third-order valence-electron chi connectivity index (χ3n) is 2.08. The maximum Gasteiger partial charge on any atom is 0.293 e. The Hall–Kier alpha value is -0.920. The average Bonchev–Trinajstić information content (AvgIpc) is 2.23. The van der Waals surface area contributed by atoms with Crippen molar-refractivity contribution >= 4 is 34.0 Å². The zero-order chi connectivity index (χ0) is 12.1. The highest BCUT2D eigenvalue weighted by molar-refractivity contribution is 14.1. The Bertz CT molecular complexity index is 399. The minimum Gasteiger partial charge on any atom is -0.379 e. The summed E-state index contributed by atoms with van der Waals surface area (Å²) in [6, 6.07) is 2.42. The van der Waals surface area contributed by atoms with Crippen LogP contribution < -0.4 is 5.32 Å². The van der Waals surface area contributed by atoms with E-state index in [0.717, 1.165) is 12.8 Å². The molecule has 1 aromatic carbocycles. The molecule has 0 amide bonds. The molecule has 1 N–H and O–H groups in total. The average molecular weight is 338 g/mol. The van der Waals surface area contributed by atoms with Crippen molar-refractivity contribution in [3.05, 3.63) is 31.6 Å². The van der Waals surface area contributed by atoms with E-state index in [2.05, 4.69) is 5.32 Å². The first-order valence-electron chi connectivity index (χ1n) is 4.93. The third-order valence-corrected chi connectivity index (χ3v) is 2.91. The second-order valence-corrected chi connectivity index (χ2v) is 4.48. The summed E-state index contributed by atoms with van der Waals surface area (Å²) in [4.78, 5) is 10.3. The van der Waals surface area contributed by atoms with Gasteiger partial charge in [0.05, 0.1) is 8.49 Å². The summed E-state index contributed by atoms with van der Waals surface area (Å²) in [5.74, 6) is -0.440. The lowest BCUT2D eigenvalue weighted by molar-refractivity contribution is -0.384. The van der Waals surface area contributed by atoms with Crippen molar-refractivity contribution in [1.82, 2.24) is 0 Å². The maximum absolute atomic E-state index is 13.3. The maximum atomic E-state index is 13.3. The Labute approximate surface area is 107 Å². The van der Waals surface area contributed by atoms with E-state index in [-0.39, 0.29) is 14.9 Å². The number of anilines is 1. The van der Waals surface area contributed by atoms with Crippen molar-refractivity contribution in [2.75, 3.05) is 11.9 Å². The van der Waals surface area contributed by atoms with Crippen LogP contribution in [0, 0.1) is 19.5 Å². The van der Waals surface area contributed by atoms with E-state index >= 15 is 0 Å². The van der Waals surface area contributed by atoms with E-state index in [9.17, 15) is 14.5 Å². The Morgan fingerprint density at radius 3 is 2.81 bits per heavy atom. The summed E-state index contributed by atoms with van der Waals surface area (Å²) in [5.41, 5.74) is 0.165. The molecule has 0 fully saturated rings. The molecule has 88 valence electrons. The number of rotatable bonds is 5. The van der Waals surface area contributed by atoms with Gasteiger partial charge in [0.25, 0.3) is 5.69 Å². The van der Waals surface area contributed by atoms with Gasteiger partial charge >= 0.3 is 0 Å². The normalized spacial score (nSPS) is 10.2. The SMILES string of the molecule is CCCCNc1cc(F)c(I)cc1[N+](=O)[O-]. The van der Waals surface area contributed by atoms with Crippen LogP contribution in [0.15, 0.2) is 12.1 Å². The van der Waals surface area contributed by atoms with Crippen molar-refractivity contribution in [1.29, 1.82) is 0 Å². The molecular formula is C10H12FIN2O2. The topological polar surface area (TPSA) is 55.2 Å². The lowest BCUT2D eigenvalue weighted by atomic mass is 10.2. The molecule has 16 heavy (non-hydrogen) atoms. The molecule has 0 bridgehead atoms. The fourth-order valence-corrected chi connectivity index (χ4v) is 1.68. The Kier molecular flexibility index (Phi) is 4.91. The molecule has 0 atom stereocenters. The molecule has 0 aliphatic rings. The monoisotopic (exact) mass is 338 g/mol. The number of nitro benzene ring substituents is 1. The fraction of sp³-hybridized carbons (Fsp3) is 0.400. The Balaban J connectivity index is 2.95. The van der Waals surface area contributed by atoms with Crippen LogP contribution in [0.2, 0.25) is 0 Å². The summed E-state index contributed by atoms with van der Waals surface area (Å²) < 4.78 is 13.5. The molecule has 0 saturated heterocycles. The van der Waals surface area contributed by atoms with E-state index < -0.39 is 10.7 Å². The minimum absolute atomic E-state index is 0.0816. The number of nitrogens with zero attached hydrogens (tertiary/aromatic N) is 1. The summed E-state index contributed by atoms with van der Waals surface area (Å²) >= 11 is 1.74. The van der Waals surface area contributed by atoms with E-state index in [0.29, 0.717) is 6.54 Å². The van der Waals surface area contributed by atoms with Crippen LogP contribution in [-0.2, 0) is 0 Å². The first-order valence-corrected chi connectivity index (χ1v) is 6.01. The summed E-state index contributed by atoms with van der Waals surface area (Å²) in [7, 11) is 0. The zero-order valence-electron chi connectivity index (χ0n) is 8.80. The van der Waals surface area contributed by atoms with E-state index in [1.54, 1.807) is 22.6 Å². The van der Waals surface area contributed by atoms with E-state index in [4.69, 9.17) is 0 Å². The minimum atomic E-state index is -0.504. The molecule has 0 unspecified atom stereocenters. The van der Waals surface area contributed by atoms with Crippen molar-refractivity contribution in [3.63, 3.8) is 0 Å². The second-order valence-electron chi connectivity index (χ2n) is 3.32. The largest absolute Gasteiger partial charge is 0.379 e. The Morgan fingerprint density at radius 2 is 2.25 bits per heavy atom. The summed E-state index contributed by atoms with van der Waals surface area (Å²) in [5, 5.41) is 13.6. The van der Waals surface area contributed by atoms with Gasteiger partial charge in [0.2, 0.25) is 0 Å². The number of nitrogens with one attached hydrogen (secondary N) is 1. The van der Waals surface area contributed by atoms with Gasteiger partial charge in [0.1, 0.15) is 11.5 Å². The fourth-order valence-electron chi connectivity index (χ4n) is 1.23. The molecular weight excluding hydrogens is 326 g/mol. The lowest BCUT2D eigenvalue weighted by Gasteiger charge is -2.07. The molecule has 1 rings (SSSR count). The first-order chi connectivity index (χ1) is 7.56. The summed E-state index contributed by atoms with van der Waals surface area (Å²) in [6.45, 7) is 2.63. The van der Waals surface area contributed by atoms with Gasteiger partial charge in [-0.3, -0.25) is 10.1 Å². The number of halogens is 2. The smallest absolute Gasteiger partial charge is 0.293 e. The van der Waals surface area contributed by atoms with Gasteiger partial charge in [-0.25, -0.2) is 4.39 Å². The molecule has 0 radical (unpaired) electrons. The number of nitro groups is 1. The molecule has 4 nitrogen and oxygen atoms in total. The van der Waals surface area contributed by atoms with E-state index in [1.165, 1.54) is 12.1 Å². The highest BCUT2D eigenvalue weighted by Gasteiger charge is 2.16. The van der Waals surface area contributed by atoms with Crippen molar-refractivity contribution in [3.8, 4) is 0 Å². The molecule has 0 aliphatic heterocycles. The summed E-state index contributed by atoms with van der Waals surface area (Å²) in [6.07, 6.45) is 1.87. The predicted molar refractivity (Wildman–Crippen MR) is 69.2 cm³/mol. The second kappa shape index (κ2) is 5.97. The van der Waals surface area contributed by atoms with Crippen molar-refractivity contribution < 1.29 is 9.31 Å². The quantitative estimate of drug-likeness (QED) is 0.387. The third kappa shape index (κ3) is 3.29. The van der Waals surface area contributed by atoms with Crippen LogP contribution in [0.25, 0.3) is 0 Å². The van der Waals surface area contributed by atoms with Crippen LogP contribution in [0.4, 0.5) is 15.8 Å². The standard InChI is InChI=1S/C10H12FIN2O2/c1-2-3-4-13-9-5-7(11)8(12)6-10(9)14(15)16/h5-6,13H,2-4H2,1H3. The molecule has 0 aliphatic carbocycles. The highest BCUT2D eigenvalue weighted by atomic mass is 127. The number of benzene rings is 1. The van der Waals surface area contributed by atoms with Crippen molar-refractivity contribution in [2.24, 2.45) is 0 Å². The highest BCUT2D eigenvalue weighted by Crippen LogP contribution is 2.28. The van der Waals surface area contributed by atoms with Crippen molar-refractivity contribution in [2.45, 2.75) is 19.8 Å². The lowest BCUT2D eigenvalue weighted by Crippen LogP contribution is -2.05.